The molecule has 2 aromatic carbocycles. The van der Waals surface area contributed by atoms with Crippen LogP contribution in [-0.4, -0.2) is 33.5 Å². The number of carbonyl (C=O) groups excluding carboxylic acids is 1. The molecule has 0 aliphatic rings. The number of aromatic amines is 1. The van der Waals surface area contributed by atoms with Gasteiger partial charge in [-0.2, -0.15) is 0 Å². The van der Waals surface area contributed by atoms with Gasteiger partial charge in [-0.05, 0) is 29.5 Å². The number of para-hydroxylation sites is 1. The predicted octanol–water partition coefficient (Wildman–Crippen LogP) is 4.32. The molecule has 0 radical (unpaired) electrons. The number of fused-ring (bicyclic) bond motifs is 1. The first kappa shape index (κ1) is 20.5. The van der Waals surface area contributed by atoms with Gasteiger partial charge in [0.2, 0.25) is 5.91 Å². The molecule has 0 saturated carbocycles. The van der Waals surface area contributed by atoms with Gasteiger partial charge in [0.05, 0.1) is 11.4 Å². The fourth-order valence-corrected chi connectivity index (χ4v) is 4.50. The van der Waals surface area contributed by atoms with Crippen LogP contribution in [0.5, 0.6) is 0 Å². The number of aliphatic hydroxyl groups is 1. The molecular formula is C23H28N2O2S. The Morgan fingerprint density at radius 2 is 1.82 bits per heavy atom. The smallest absolute Gasteiger partial charge is 0.233 e. The third kappa shape index (κ3) is 5.18. The summed E-state index contributed by atoms with van der Waals surface area (Å²) in [5.41, 5.74) is 3.22. The number of carbonyl (C=O) groups is 1. The molecule has 0 saturated heterocycles. The molecule has 0 aliphatic heterocycles. The largest absolute Gasteiger partial charge is 0.388 e. The lowest BCUT2D eigenvalue weighted by Gasteiger charge is -2.21. The number of aliphatic hydroxyl groups excluding tert-OH is 1. The third-order valence-corrected chi connectivity index (χ3v) is 6.48. The minimum atomic E-state index is -0.563. The monoisotopic (exact) mass is 396 g/mol. The number of thioether (sulfide) groups is 1. The molecule has 2 atom stereocenters. The van der Waals surface area contributed by atoms with Crippen LogP contribution in [-0.2, 0) is 11.2 Å². The normalized spacial score (nSPS) is 13.6. The molecule has 0 bridgehead atoms. The number of hydrogen-bond donors (Lipinski definition) is 3. The number of benzene rings is 2. The molecule has 4 nitrogen and oxygen atoms in total. The van der Waals surface area contributed by atoms with E-state index in [1.165, 1.54) is 22.7 Å². The van der Waals surface area contributed by atoms with Crippen molar-refractivity contribution in [2.75, 3.05) is 12.3 Å². The van der Waals surface area contributed by atoms with Crippen molar-refractivity contribution in [3.63, 3.8) is 0 Å². The van der Waals surface area contributed by atoms with Crippen molar-refractivity contribution in [1.29, 1.82) is 0 Å². The highest BCUT2D eigenvalue weighted by Gasteiger charge is 2.24. The Hall–Kier alpha value is -2.24. The zero-order chi connectivity index (χ0) is 19.9. The quantitative estimate of drug-likeness (QED) is 0.505. The zero-order valence-electron chi connectivity index (χ0n) is 16.4. The number of H-pyrrole nitrogens is 1. The van der Waals surface area contributed by atoms with Gasteiger partial charge < -0.3 is 15.4 Å². The van der Waals surface area contributed by atoms with Gasteiger partial charge in [-0.1, -0.05) is 62.4 Å². The Morgan fingerprint density at radius 3 is 2.57 bits per heavy atom. The van der Waals surface area contributed by atoms with E-state index in [1.807, 2.05) is 62.5 Å². The van der Waals surface area contributed by atoms with Crippen molar-refractivity contribution in [2.45, 2.75) is 31.6 Å². The Bertz CT molecular complexity index is 892. The highest BCUT2D eigenvalue weighted by Crippen LogP contribution is 2.26. The molecule has 0 spiro atoms. The lowest BCUT2D eigenvalue weighted by atomic mass is 10.1. The van der Waals surface area contributed by atoms with E-state index in [1.54, 1.807) is 0 Å². The van der Waals surface area contributed by atoms with E-state index in [2.05, 4.69) is 22.4 Å². The summed E-state index contributed by atoms with van der Waals surface area (Å²) in [6.45, 7) is 4.70. The molecule has 148 valence electrons. The summed E-state index contributed by atoms with van der Waals surface area (Å²) in [7, 11) is 0. The molecule has 2 unspecified atom stereocenters. The maximum atomic E-state index is 12.7. The number of nitrogens with one attached hydrogen (secondary N) is 2. The van der Waals surface area contributed by atoms with Crippen LogP contribution < -0.4 is 5.32 Å². The summed E-state index contributed by atoms with van der Waals surface area (Å²) in [5, 5.41) is 14.5. The van der Waals surface area contributed by atoms with Crippen LogP contribution in [0.2, 0.25) is 0 Å². The average Bonchev–Trinajstić information content (AvgIpc) is 3.11. The molecular weight excluding hydrogens is 368 g/mol. The zero-order valence-corrected chi connectivity index (χ0v) is 17.2. The number of aromatic nitrogens is 1. The van der Waals surface area contributed by atoms with Crippen LogP contribution in [0, 0.1) is 5.92 Å². The molecule has 3 rings (SSSR count). The van der Waals surface area contributed by atoms with Crippen LogP contribution in [0.15, 0.2) is 60.8 Å². The standard InChI is InChI=1S/C23H28N2O2S/c1-16(2)22(28-15-21(26)17-8-4-3-5-9-17)23(27)24-13-12-18-14-25-20-11-7-6-10-19(18)20/h3-11,14,16,21-22,25-26H,12-13,15H2,1-2H3,(H,24,27). The van der Waals surface area contributed by atoms with Crippen LogP contribution in [0.25, 0.3) is 10.9 Å². The van der Waals surface area contributed by atoms with Gasteiger partial charge >= 0.3 is 0 Å². The van der Waals surface area contributed by atoms with Gasteiger partial charge in [0.25, 0.3) is 0 Å². The predicted molar refractivity (Wildman–Crippen MR) is 117 cm³/mol. The van der Waals surface area contributed by atoms with Gasteiger partial charge in [-0.15, -0.1) is 11.8 Å². The molecule has 1 amide bonds. The molecule has 1 aromatic heterocycles. The highest BCUT2D eigenvalue weighted by atomic mass is 32.2. The Kier molecular flexibility index (Phi) is 7.18. The fourth-order valence-electron chi connectivity index (χ4n) is 3.30. The van der Waals surface area contributed by atoms with Crippen molar-refractivity contribution in [2.24, 2.45) is 5.92 Å². The van der Waals surface area contributed by atoms with Crippen molar-refractivity contribution >= 4 is 28.6 Å². The van der Waals surface area contributed by atoms with Crippen molar-refractivity contribution in [1.82, 2.24) is 10.3 Å². The lowest BCUT2D eigenvalue weighted by Crippen LogP contribution is -2.37. The third-order valence-electron chi connectivity index (χ3n) is 4.85. The van der Waals surface area contributed by atoms with E-state index < -0.39 is 6.10 Å². The fraction of sp³-hybridized carbons (Fsp3) is 0.348. The first-order valence-electron chi connectivity index (χ1n) is 9.73. The Balaban J connectivity index is 1.51. The second-order valence-corrected chi connectivity index (χ2v) is 8.50. The number of hydrogen-bond acceptors (Lipinski definition) is 3. The topological polar surface area (TPSA) is 65.1 Å². The van der Waals surface area contributed by atoms with Crippen molar-refractivity contribution < 1.29 is 9.90 Å². The van der Waals surface area contributed by atoms with E-state index in [4.69, 9.17) is 0 Å². The van der Waals surface area contributed by atoms with Crippen molar-refractivity contribution in [3.05, 3.63) is 71.9 Å². The minimum Gasteiger partial charge on any atom is -0.388 e. The first-order valence-corrected chi connectivity index (χ1v) is 10.8. The second kappa shape index (κ2) is 9.80. The molecule has 0 aliphatic carbocycles. The van der Waals surface area contributed by atoms with E-state index in [-0.39, 0.29) is 17.1 Å². The Morgan fingerprint density at radius 1 is 1.11 bits per heavy atom. The number of amides is 1. The van der Waals surface area contributed by atoms with Gasteiger partial charge in [0.15, 0.2) is 0 Å². The molecule has 3 N–H and O–H groups in total. The van der Waals surface area contributed by atoms with Gasteiger partial charge in [-0.3, -0.25) is 4.79 Å². The second-order valence-electron chi connectivity index (χ2n) is 7.32. The van der Waals surface area contributed by atoms with E-state index in [9.17, 15) is 9.90 Å². The van der Waals surface area contributed by atoms with Gasteiger partial charge in [0, 0.05) is 29.4 Å². The summed E-state index contributed by atoms with van der Waals surface area (Å²) in [6, 6.07) is 17.8. The maximum absolute atomic E-state index is 12.7. The molecule has 28 heavy (non-hydrogen) atoms. The van der Waals surface area contributed by atoms with Crippen LogP contribution in [0.3, 0.4) is 0 Å². The molecule has 5 heteroatoms. The Labute approximate surface area is 170 Å². The van der Waals surface area contributed by atoms with Crippen LogP contribution >= 0.6 is 11.8 Å². The van der Waals surface area contributed by atoms with E-state index >= 15 is 0 Å². The van der Waals surface area contributed by atoms with Crippen LogP contribution in [0.1, 0.15) is 31.1 Å². The number of rotatable bonds is 9. The van der Waals surface area contributed by atoms with Gasteiger partial charge in [0.1, 0.15) is 0 Å². The average molecular weight is 397 g/mol. The highest BCUT2D eigenvalue weighted by molar-refractivity contribution is 8.00. The minimum absolute atomic E-state index is 0.0418. The SMILES string of the molecule is CC(C)C(SCC(O)c1ccccc1)C(=O)NCCc1c[nH]c2ccccc12. The maximum Gasteiger partial charge on any atom is 0.233 e. The van der Waals surface area contributed by atoms with Crippen molar-refractivity contribution in [3.8, 4) is 0 Å². The summed E-state index contributed by atoms with van der Waals surface area (Å²) in [5.74, 6) is 0.740. The lowest BCUT2D eigenvalue weighted by molar-refractivity contribution is -0.121. The summed E-state index contributed by atoms with van der Waals surface area (Å²) < 4.78 is 0. The van der Waals surface area contributed by atoms with Gasteiger partial charge in [-0.25, -0.2) is 0 Å². The summed E-state index contributed by atoms with van der Waals surface area (Å²) in [6.07, 6.45) is 2.24. The molecule has 0 fully saturated rings. The van der Waals surface area contributed by atoms with E-state index in [0.29, 0.717) is 12.3 Å². The first-order chi connectivity index (χ1) is 13.6. The van der Waals surface area contributed by atoms with E-state index in [0.717, 1.165) is 17.5 Å². The molecule has 3 aromatic rings. The molecule has 1 heterocycles. The summed E-state index contributed by atoms with van der Waals surface area (Å²) >= 11 is 1.52. The summed E-state index contributed by atoms with van der Waals surface area (Å²) in [4.78, 5) is 16.0. The van der Waals surface area contributed by atoms with Crippen LogP contribution in [0.4, 0.5) is 0 Å².